The number of sulfone groups is 1. The van der Waals surface area contributed by atoms with E-state index in [0.29, 0.717) is 42.4 Å². The van der Waals surface area contributed by atoms with Crippen LogP contribution in [0.15, 0.2) is 47.4 Å². The number of hydrogen-bond donors (Lipinski definition) is 1. The number of amides is 1. The molecular weight excluding hydrogens is 460 g/mol. The number of hydrogen-bond acceptors (Lipinski definition) is 6. The van der Waals surface area contributed by atoms with Gasteiger partial charge in [-0.25, -0.2) is 18.4 Å². The number of carbonyl (C=O) groups excluding carboxylic acids is 1. The van der Waals surface area contributed by atoms with Crippen molar-refractivity contribution in [1.82, 2.24) is 15.3 Å². The number of aryl methyl sites for hydroxylation is 1. The topological polar surface area (TPSA) is 92.3 Å². The highest BCUT2D eigenvalue weighted by atomic mass is 35.5. The van der Waals surface area contributed by atoms with E-state index in [1.165, 1.54) is 6.26 Å². The highest BCUT2D eigenvalue weighted by Gasteiger charge is 2.28. The first-order valence-electron chi connectivity index (χ1n) is 10.9. The summed E-state index contributed by atoms with van der Waals surface area (Å²) in [5, 5.41) is 4.55. The minimum atomic E-state index is -3.32. The molecule has 1 aromatic heterocycles. The van der Waals surface area contributed by atoms with E-state index in [-0.39, 0.29) is 22.8 Å². The lowest BCUT2D eigenvalue weighted by Crippen LogP contribution is -2.41. The number of halogens is 1. The van der Waals surface area contributed by atoms with Crippen molar-refractivity contribution < 1.29 is 13.2 Å². The molecule has 0 saturated carbocycles. The SMILES string of the molecule is Cc1nc(N2CCC(C(=O)NC(C)c3ccccc3Cl)CC2)nc2cc(S(C)(=O)=O)ccc12. The smallest absolute Gasteiger partial charge is 0.226 e. The van der Waals surface area contributed by atoms with Crippen LogP contribution >= 0.6 is 11.6 Å². The van der Waals surface area contributed by atoms with Gasteiger partial charge in [-0.2, -0.15) is 0 Å². The molecule has 1 fully saturated rings. The van der Waals surface area contributed by atoms with Crippen LogP contribution in [0.4, 0.5) is 5.95 Å². The van der Waals surface area contributed by atoms with Crippen molar-refractivity contribution in [2.45, 2.75) is 37.6 Å². The van der Waals surface area contributed by atoms with Crippen LogP contribution in [0.3, 0.4) is 0 Å². The van der Waals surface area contributed by atoms with E-state index in [1.54, 1.807) is 18.2 Å². The predicted octanol–water partition coefficient (Wildman–Crippen LogP) is 4.09. The summed E-state index contributed by atoms with van der Waals surface area (Å²) in [4.78, 5) is 24.4. The van der Waals surface area contributed by atoms with Crippen molar-refractivity contribution >= 4 is 44.2 Å². The summed E-state index contributed by atoms with van der Waals surface area (Å²) < 4.78 is 23.9. The third-order valence-electron chi connectivity index (χ3n) is 6.15. The standard InChI is InChI=1S/C24H27ClN4O3S/c1-15(19-6-4-5-7-21(19)25)26-23(30)17-10-12-29(13-11-17)24-27-16(2)20-9-8-18(33(3,31)32)14-22(20)28-24/h4-9,14-15,17H,10-13H2,1-3H3,(H,26,30). The van der Waals surface area contributed by atoms with Gasteiger partial charge in [-0.3, -0.25) is 4.79 Å². The van der Waals surface area contributed by atoms with Crippen LogP contribution in [0.2, 0.25) is 5.02 Å². The number of benzene rings is 2. The molecule has 1 saturated heterocycles. The maximum absolute atomic E-state index is 12.8. The van der Waals surface area contributed by atoms with Crippen molar-refractivity contribution in [2.24, 2.45) is 5.92 Å². The number of rotatable bonds is 5. The molecule has 0 bridgehead atoms. The molecule has 0 spiro atoms. The van der Waals surface area contributed by atoms with Gasteiger partial charge in [0.05, 0.1) is 22.1 Å². The molecule has 1 amide bonds. The fourth-order valence-electron chi connectivity index (χ4n) is 4.20. The first kappa shape index (κ1) is 23.4. The van der Waals surface area contributed by atoms with Crippen LogP contribution in [0.25, 0.3) is 10.9 Å². The first-order chi connectivity index (χ1) is 15.6. The minimum Gasteiger partial charge on any atom is -0.349 e. The molecule has 1 unspecified atom stereocenters. The predicted molar refractivity (Wildman–Crippen MR) is 130 cm³/mol. The molecule has 0 radical (unpaired) electrons. The van der Waals surface area contributed by atoms with Gasteiger partial charge in [0.25, 0.3) is 0 Å². The molecule has 2 heterocycles. The number of aromatic nitrogens is 2. The van der Waals surface area contributed by atoms with Crippen LogP contribution in [0, 0.1) is 12.8 Å². The van der Waals surface area contributed by atoms with Crippen LogP contribution in [-0.4, -0.2) is 43.6 Å². The number of fused-ring (bicyclic) bond motifs is 1. The van der Waals surface area contributed by atoms with Gasteiger partial charge >= 0.3 is 0 Å². The van der Waals surface area contributed by atoms with Crippen molar-refractivity contribution in [3.05, 3.63) is 58.7 Å². The zero-order chi connectivity index (χ0) is 23.8. The molecule has 1 N–H and O–H groups in total. The molecule has 7 nitrogen and oxygen atoms in total. The summed E-state index contributed by atoms with van der Waals surface area (Å²) >= 11 is 6.26. The number of anilines is 1. The summed E-state index contributed by atoms with van der Waals surface area (Å²) in [7, 11) is -3.32. The number of carbonyl (C=O) groups is 1. The second-order valence-electron chi connectivity index (χ2n) is 8.57. The van der Waals surface area contributed by atoms with Crippen LogP contribution in [0.5, 0.6) is 0 Å². The summed E-state index contributed by atoms with van der Waals surface area (Å²) in [6.45, 7) is 5.12. The van der Waals surface area contributed by atoms with Gasteiger partial charge in [-0.15, -0.1) is 0 Å². The quantitative estimate of drug-likeness (QED) is 0.584. The maximum Gasteiger partial charge on any atom is 0.226 e. The molecule has 174 valence electrons. The van der Waals surface area contributed by atoms with E-state index in [1.807, 2.05) is 38.1 Å². The Hall–Kier alpha value is -2.71. The molecule has 2 aromatic carbocycles. The van der Waals surface area contributed by atoms with Crippen molar-refractivity contribution in [3.63, 3.8) is 0 Å². The molecule has 1 atom stereocenters. The Bertz CT molecular complexity index is 1300. The molecule has 9 heteroatoms. The molecular formula is C24H27ClN4O3S. The van der Waals surface area contributed by atoms with Crippen LogP contribution in [-0.2, 0) is 14.6 Å². The van der Waals surface area contributed by atoms with Crippen molar-refractivity contribution in [1.29, 1.82) is 0 Å². The zero-order valence-electron chi connectivity index (χ0n) is 18.9. The normalized spacial score (nSPS) is 16.1. The second-order valence-corrected chi connectivity index (χ2v) is 11.0. The Labute approximate surface area is 199 Å². The molecule has 4 rings (SSSR count). The van der Waals surface area contributed by atoms with E-state index >= 15 is 0 Å². The fourth-order valence-corrected chi connectivity index (χ4v) is 5.14. The summed E-state index contributed by atoms with van der Waals surface area (Å²) in [6, 6.07) is 12.3. The Morgan fingerprint density at radius 1 is 1.15 bits per heavy atom. The Balaban J connectivity index is 1.45. The summed E-state index contributed by atoms with van der Waals surface area (Å²) in [6.07, 6.45) is 2.56. The molecule has 1 aliphatic rings. The van der Waals surface area contributed by atoms with Gasteiger partial charge in [-0.05, 0) is 56.5 Å². The number of nitrogens with zero attached hydrogens (tertiary/aromatic N) is 3. The first-order valence-corrected chi connectivity index (χ1v) is 13.2. The maximum atomic E-state index is 12.8. The Morgan fingerprint density at radius 2 is 1.85 bits per heavy atom. The lowest BCUT2D eigenvalue weighted by molar-refractivity contribution is -0.126. The lowest BCUT2D eigenvalue weighted by atomic mass is 9.95. The Kier molecular flexibility index (Phi) is 6.59. The third kappa shape index (κ3) is 5.12. The average Bonchev–Trinajstić information content (AvgIpc) is 2.78. The van der Waals surface area contributed by atoms with Crippen LogP contribution in [0.1, 0.15) is 37.1 Å². The van der Waals surface area contributed by atoms with Gasteiger partial charge in [0.15, 0.2) is 9.84 Å². The van der Waals surface area contributed by atoms with E-state index in [0.717, 1.165) is 16.6 Å². The second kappa shape index (κ2) is 9.27. The molecule has 33 heavy (non-hydrogen) atoms. The summed E-state index contributed by atoms with van der Waals surface area (Å²) in [5.74, 6) is 0.494. The van der Waals surface area contributed by atoms with Crippen molar-refractivity contribution in [2.75, 3.05) is 24.2 Å². The molecule has 3 aromatic rings. The van der Waals surface area contributed by atoms with E-state index in [9.17, 15) is 13.2 Å². The molecule has 0 aliphatic carbocycles. The number of piperidine rings is 1. The van der Waals surface area contributed by atoms with Gasteiger partial charge in [0, 0.05) is 35.7 Å². The van der Waals surface area contributed by atoms with Crippen LogP contribution < -0.4 is 10.2 Å². The molecule has 1 aliphatic heterocycles. The van der Waals surface area contributed by atoms with Gasteiger partial charge < -0.3 is 10.2 Å². The Morgan fingerprint density at radius 3 is 2.52 bits per heavy atom. The average molecular weight is 487 g/mol. The number of nitrogens with one attached hydrogen (secondary N) is 1. The van der Waals surface area contributed by atoms with Gasteiger partial charge in [0.2, 0.25) is 11.9 Å². The monoisotopic (exact) mass is 486 g/mol. The van der Waals surface area contributed by atoms with Crippen molar-refractivity contribution in [3.8, 4) is 0 Å². The van der Waals surface area contributed by atoms with E-state index in [2.05, 4.69) is 20.2 Å². The highest BCUT2D eigenvalue weighted by molar-refractivity contribution is 7.90. The zero-order valence-corrected chi connectivity index (χ0v) is 20.4. The highest BCUT2D eigenvalue weighted by Crippen LogP contribution is 2.27. The fraction of sp³-hybridized carbons (Fsp3) is 0.375. The largest absolute Gasteiger partial charge is 0.349 e. The third-order valence-corrected chi connectivity index (χ3v) is 7.61. The van der Waals surface area contributed by atoms with E-state index < -0.39 is 9.84 Å². The van der Waals surface area contributed by atoms with E-state index in [4.69, 9.17) is 11.6 Å². The van der Waals surface area contributed by atoms with Gasteiger partial charge in [-0.1, -0.05) is 29.8 Å². The van der Waals surface area contributed by atoms with Gasteiger partial charge in [0.1, 0.15) is 0 Å². The minimum absolute atomic E-state index is 0.0236. The lowest BCUT2D eigenvalue weighted by Gasteiger charge is -2.32. The summed E-state index contributed by atoms with van der Waals surface area (Å²) in [5.41, 5.74) is 2.30.